The van der Waals surface area contributed by atoms with Gasteiger partial charge in [0.2, 0.25) is 0 Å². The van der Waals surface area contributed by atoms with Crippen molar-refractivity contribution in [2.45, 2.75) is 25.3 Å². The van der Waals surface area contributed by atoms with Gasteiger partial charge < -0.3 is 24.4 Å². The Labute approximate surface area is 430 Å². The van der Waals surface area contributed by atoms with Gasteiger partial charge in [-0.05, 0) is 60.7 Å². The van der Waals surface area contributed by atoms with E-state index < -0.39 is 68.9 Å². The molecule has 0 bridgehead atoms. The maximum Gasteiger partial charge on any atom is 0.474 e. The molecule has 4 aromatic heterocycles. The van der Waals surface area contributed by atoms with Crippen LogP contribution >= 0.6 is 7.82 Å². The summed E-state index contributed by atoms with van der Waals surface area (Å²) < 4.78 is 70.2. The third-order valence-corrected chi connectivity index (χ3v) is 13.3. The Morgan fingerprint density at radius 2 is 1.16 bits per heavy atom. The molecule has 8 heterocycles. The molecule has 0 spiro atoms. The van der Waals surface area contributed by atoms with Crippen molar-refractivity contribution in [3.63, 3.8) is 0 Å². The van der Waals surface area contributed by atoms with E-state index in [0.717, 1.165) is 14.2 Å². The molecule has 10 rings (SSSR count). The molecule has 6 aromatic rings. The number of amides is 4. The summed E-state index contributed by atoms with van der Waals surface area (Å²) in [4.78, 5) is 63.5. The minimum atomic E-state index is -3.78. The highest BCUT2D eigenvalue weighted by molar-refractivity contribution is 7.48. The molecule has 27 nitrogen and oxygen atoms in total. The van der Waals surface area contributed by atoms with Gasteiger partial charge in [-0.2, -0.15) is 10.2 Å². The summed E-state index contributed by atoms with van der Waals surface area (Å²) in [5.74, 6) is -0.890. The van der Waals surface area contributed by atoms with Gasteiger partial charge in [0.05, 0.1) is 63.0 Å². The van der Waals surface area contributed by atoms with Crippen LogP contribution in [0.15, 0.2) is 108 Å². The number of hydrogen-bond acceptors (Lipinski definition) is 21. The quantitative estimate of drug-likeness (QED) is 0.136. The molecule has 0 aliphatic carbocycles. The van der Waals surface area contributed by atoms with E-state index in [-0.39, 0.29) is 19.6 Å². The third-order valence-electron chi connectivity index (χ3n) is 12.0. The van der Waals surface area contributed by atoms with Gasteiger partial charge in [-0.1, -0.05) is 10.4 Å². The Bertz CT molecular complexity index is 3130. The molecule has 0 radical (unpaired) electrons. The first kappa shape index (κ1) is 52.2. The fourth-order valence-electron chi connectivity index (χ4n) is 8.06. The molecule has 4 aliphatic heterocycles. The topological polar surface area (TPSA) is 283 Å². The van der Waals surface area contributed by atoms with E-state index in [0.29, 0.717) is 78.0 Å². The fourth-order valence-corrected chi connectivity index (χ4v) is 8.68. The van der Waals surface area contributed by atoms with Crippen LogP contribution in [-0.4, -0.2) is 171 Å². The van der Waals surface area contributed by atoms with Gasteiger partial charge in [-0.3, -0.25) is 33.0 Å². The van der Waals surface area contributed by atoms with E-state index >= 15 is 8.78 Å². The van der Waals surface area contributed by atoms with E-state index in [1.165, 1.54) is 57.0 Å². The number of aromatic nitrogens is 8. The molecule has 2 atom stereocenters. The van der Waals surface area contributed by atoms with Crippen molar-refractivity contribution >= 4 is 67.5 Å². The molecular weight excluding hydrogens is 1020 g/mol. The molecule has 4 aliphatic rings. The molecule has 4 amide bonds. The summed E-state index contributed by atoms with van der Waals surface area (Å²) in [6.07, 6.45) is 10.4. The standard InChI is InChI=1S/C24H26FN8O7P.C22H21FN8O4/c1-37-41(36,38-2)39-15-23(34)33-10-9-30(16-28-33)22-6-3-17(12-26-22)20-5-4-18(11-21(20)25)32-14-19(40-24(32)35)13-31-8-7-27-29-31;23-19-9-16(30-12-17(35-22(30)34)11-29-6-5-25-27-29)2-3-18(19)15-1-4-20(24-10-15)28-7-8-31(26-14-28)21(33)13-32/h3-8,11-12,16,19H,9-10,13-15H2,1-2H3;1-6,9-10,14,17,32H,7-8,11-13H2/t19-;17-/m00/s1. The summed E-state index contributed by atoms with van der Waals surface area (Å²) in [6.45, 7) is 1.46. The number of aliphatic hydroxyl groups excluding tert-OH is 1. The molecule has 2 aromatic carbocycles. The summed E-state index contributed by atoms with van der Waals surface area (Å²) in [6, 6.07) is 16.0. The molecule has 2 fully saturated rings. The van der Waals surface area contributed by atoms with Gasteiger partial charge >= 0.3 is 20.0 Å². The van der Waals surface area contributed by atoms with Crippen LogP contribution in [0.3, 0.4) is 0 Å². The minimum absolute atomic E-state index is 0.223. The summed E-state index contributed by atoms with van der Waals surface area (Å²) >= 11 is 0. The van der Waals surface area contributed by atoms with Crippen LogP contribution in [0.2, 0.25) is 0 Å². The number of carbonyl (C=O) groups is 4. The van der Waals surface area contributed by atoms with Crippen molar-refractivity contribution in [1.29, 1.82) is 0 Å². The highest BCUT2D eigenvalue weighted by atomic mass is 31.2. The van der Waals surface area contributed by atoms with Crippen LogP contribution in [0, 0.1) is 11.6 Å². The first-order chi connectivity index (χ1) is 36.8. The summed E-state index contributed by atoms with van der Waals surface area (Å²) in [5.41, 5.74) is 2.53. The molecule has 0 unspecified atom stereocenters. The van der Waals surface area contributed by atoms with E-state index in [1.807, 2.05) is 0 Å². The summed E-state index contributed by atoms with van der Waals surface area (Å²) in [5, 5.41) is 34.6. The van der Waals surface area contributed by atoms with Crippen LogP contribution in [0.4, 0.5) is 41.4 Å². The highest BCUT2D eigenvalue weighted by Crippen LogP contribution is 2.47. The molecule has 1 N–H and O–H groups in total. The average Bonchev–Trinajstić information content (AvgIpc) is 4.31. The highest BCUT2D eigenvalue weighted by Gasteiger charge is 2.35. The number of cyclic esters (lactones) is 2. The van der Waals surface area contributed by atoms with Crippen molar-refractivity contribution in [1.82, 2.24) is 50.0 Å². The third kappa shape index (κ3) is 12.1. The number of phosphoric acid groups is 1. The molecule has 396 valence electrons. The van der Waals surface area contributed by atoms with Crippen molar-refractivity contribution in [2.24, 2.45) is 10.2 Å². The zero-order valence-corrected chi connectivity index (χ0v) is 41.4. The Hall–Kier alpha value is -8.63. The number of anilines is 4. The second-order valence-electron chi connectivity index (χ2n) is 16.7. The summed E-state index contributed by atoms with van der Waals surface area (Å²) in [7, 11) is -1.48. The maximum atomic E-state index is 15.1. The minimum Gasteiger partial charge on any atom is -0.442 e. The lowest BCUT2D eigenvalue weighted by Gasteiger charge is -2.28. The smallest absolute Gasteiger partial charge is 0.442 e. The Morgan fingerprint density at radius 3 is 1.53 bits per heavy atom. The van der Waals surface area contributed by atoms with Crippen LogP contribution in [0.5, 0.6) is 0 Å². The molecule has 0 saturated carbocycles. The predicted molar refractivity (Wildman–Crippen MR) is 264 cm³/mol. The number of hydrazone groups is 2. The van der Waals surface area contributed by atoms with Gasteiger partial charge in [0.15, 0.2) is 0 Å². The van der Waals surface area contributed by atoms with E-state index in [2.05, 4.69) is 49.8 Å². The van der Waals surface area contributed by atoms with Gasteiger partial charge in [-0.25, -0.2) is 52.3 Å². The number of pyridine rings is 2. The van der Waals surface area contributed by atoms with Gasteiger partial charge in [0, 0.05) is 74.4 Å². The lowest BCUT2D eigenvalue weighted by molar-refractivity contribution is -0.134. The Balaban J connectivity index is 0.000000188. The van der Waals surface area contributed by atoms with E-state index in [4.69, 9.17) is 19.1 Å². The number of hydrogen-bond donors (Lipinski definition) is 1. The molecule has 30 heteroatoms. The van der Waals surface area contributed by atoms with Gasteiger partial charge in [0.1, 0.15) is 61.4 Å². The zero-order valence-electron chi connectivity index (χ0n) is 40.5. The first-order valence-corrected chi connectivity index (χ1v) is 24.6. The molecule has 2 saturated heterocycles. The van der Waals surface area contributed by atoms with E-state index in [9.17, 15) is 23.7 Å². The van der Waals surface area contributed by atoms with Crippen molar-refractivity contribution < 1.29 is 60.7 Å². The second-order valence-corrected chi connectivity index (χ2v) is 18.6. The number of ether oxygens (including phenoxy) is 2. The van der Waals surface area contributed by atoms with Crippen molar-refractivity contribution in [2.75, 3.05) is 86.3 Å². The van der Waals surface area contributed by atoms with Crippen molar-refractivity contribution in [3.8, 4) is 22.3 Å². The maximum absolute atomic E-state index is 15.1. The van der Waals surface area contributed by atoms with Crippen LogP contribution in [-0.2, 0) is 50.3 Å². The lowest BCUT2D eigenvalue weighted by Crippen LogP contribution is -2.42. The second kappa shape index (κ2) is 23.3. The molecular formula is C46H47F2N16O11P. The Morgan fingerprint density at radius 1 is 0.684 bits per heavy atom. The fraction of sp³-hybridized carbons (Fsp3) is 0.304. The number of aliphatic hydroxyl groups is 1. The Kier molecular flexibility index (Phi) is 16.0. The van der Waals surface area contributed by atoms with Crippen LogP contribution < -0.4 is 19.6 Å². The largest absolute Gasteiger partial charge is 0.474 e. The number of rotatable bonds is 16. The monoisotopic (exact) mass is 1070 g/mol. The number of carbonyl (C=O) groups excluding carboxylic acids is 4. The number of nitrogens with zero attached hydrogens (tertiary/aromatic N) is 16. The number of halogens is 2. The zero-order chi connectivity index (χ0) is 53.3. The normalized spacial score (nSPS) is 17.5. The van der Waals surface area contributed by atoms with Gasteiger partial charge in [0.25, 0.3) is 11.8 Å². The predicted octanol–water partition coefficient (Wildman–Crippen LogP) is 3.60. The average molecular weight is 1070 g/mol. The van der Waals surface area contributed by atoms with Crippen LogP contribution in [0.1, 0.15) is 0 Å². The van der Waals surface area contributed by atoms with E-state index in [1.54, 1.807) is 92.5 Å². The van der Waals surface area contributed by atoms with Crippen molar-refractivity contribution in [3.05, 3.63) is 109 Å². The van der Waals surface area contributed by atoms with Gasteiger partial charge in [-0.15, -0.1) is 10.2 Å². The van der Waals surface area contributed by atoms with Crippen LogP contribution in [0.25, 0.3) is 22.3 Å². The number of benzene rings is 2. The SMILES string of the molecule is COP(=O)(OC)OCC(=O)N1CCN(c2ccc(-c3ccc(N4C[C@H](Cn5ccnn5)OC4=O)cc3F)cn2)C=N1.O=C(CO)N1CCN(c2ccc(-c3ccc(N4C[C@H](Cn5ccnn5)OC4=O)cc3F)cn2)C=N1. The first-order valence-electron chi connectivity index (χ1n) is 23.2. The number of phosphoric ester groups is 1. The molecule has 76 heavy (non-hydrogen) atoms. The lowest BCUT2D eigenvalue weighted by atomic mass is 10.1.